The number of benzene rings is 4. The van der Waals surface area contributed by atoms with Crippen LogP contribution >= 0.6 is 0 Å². The van der Waals surface area contributed by atoms with Crippen molar-refractivity contribution in [3.63, 3.8) is 0 Å². The number of aromatic nitrogens is 3. The molecule has 0 saturated carbocycles. The van der Waals surface area contributed by atoms with Gasteiger partial charge in [-0.2, -0.15) is 9.97 Å². The molecule has 0 fully saturated rings. The van der Waals surface area contributed by atoms with Gasteiger partial charge in [0, 0.05) is 16.8 Å². The number of hydrogen-bond acceptors (Lipinski definition) is 3. The summed E-state index contributed by atoms with van der Waals surface area (Å²) in [6, 6.07) is 34.7. The van der Waals surface area contributed by atoms with Crippen molar-refractivity contribution in [3.05, 3.63) is 103 Å². The van der Waals surface area contributed by atoms with Gasteiger partial charge in [-0.1, -0.05) is 78.9 Å². The molecule has 2 aromatic heterocycles. The molecular formula is C26H17N3O. The lowest BCUT2D eigenvalue weighted by Gasteiger charge is -2.10. The Balaban J connectivity index is 1.65. The minimum Gasteiger partial charge on any atom is -0.416 e. The monoisotopic (exact) mass is 387 g/mol. The Kier molecular flexibility index (Phi) is 3.74. The maximum atomic E-state index is 6.09. The van der Waals surface area contributed by atoms with Crippen LogP contribution in [0.2, 0.25) is 0 Å². The van der Waals surface area contributed by atoms with Gasteiger partial charge >= 0.3 is 0 Å². The zero-order valence-corrected chi connectivity index (χ0v) is 16.1. The van der Waals surface area contributed by atoms with E-state index < -0.39 is 0 Å². The smallest absolute Gasteiger partial charge is 0.267 e. The third-order valence-electron chi connectivity index (χ3n) is 5.29. The first-order valence-corrected chi connectivity index (χ1v) is 9.87. The Morgan fingerprint density at radius 3 is 2.17 bits per heavy atom. The molecule has 4 aromatic carbocycles. The van der Waals surface area contributed by atoms with E-state index in [0.29, 0.717) is 17.3 Å². The molecule has 0 saturated heterocycles. The topological polar surface area (TPSA) is 43.9 Å². The zero-order valence-electron chi connectivity index (χ0n) is 16.1. The van der Waals surface area contributed by atoms with Crippen LogP contribution < -0.4 is 0 Å². The molecule has 142 valence electrons. The van der Waals surface area contributed by atoms with Crippen LogP contribution in [0, 0.1) is 0 Å². The SMILES string of the molecule is c1ccc(-c2nc3c(nc(-c4cccc5ccccc45)n3-c3ccccc3)o2)cc1. The number of fused-ring (bicyclic) bond motifs is 2. The lowest BCUT2D eigenvalue weighted by molar-refractivity contribution is 0.609. The molecule has 2 heterocycles. The number of rotatable bonds is 3. The second kappa shape index (κ2) is 6.71. The van der Waals surface area contributed by atoms with Gasteiger partial charge in [-0.15, -0.1) is 0 Å². The Hall–Kier alpha value is -4.18. The number of para-hydroxylation sites is 1. The number of imidazole rings is 1. The van der Waals surface area contributed by atoms with Crippen molar-refractivity contribution in [2.45, 2.75) is 0 Å². The van der Waals surface area contributed by atoms with Crippen molar-refractivity contribution in [2.75, 3.05) is 0 Å². The Labute approximate surface area is 173 Å². The van der Waals surface area contributed by atoms with Crippen LogP contribution in [-0.4, -0.2) is 14.5 Å². The van der Waals surface area contributed by atoms with Gasteiger partial charge in [0.25, 0.3) is 5.71 Å². The van der Waals surface area contributed by atoms with Gasteiger partial charge in [-0.05, 0) is 35.0 Å². The maximum absolute atomic E-state index is 6.09. The first-order valence-electron chi connectivity index (χ1n) is 9.87. The van der Waals surface area contributed by atoms with E-state index in [2.05, 4.69) is 59.2 Å². The van der Waals surface area contributed by atoms with Gasteiger partial charge in [0.2, 0.25) is 11.5 Å². The van der Waals surface area contributed by atoms with Crippen molar-refractivity contribution in [2.24, 2.45) is 0 Å². The summed E-state index contributed by atoms with van der Waals surface area (Å²) in [7, 11) is 0. The molecule has 0 aliphatic carbocycles. The largest absolute Gasteiger partial charge is 0.416 e. The second-order valence-corrected chi connectivity index (χ2v) is 7.15. The van der Waals surface area contributed by atoms with Crippen molar-refractivity contribution >= 4 is 22.1 Å². The minimum absolute atomic E-state index is 0.528. The second-order valence-electron chi connectivity index (χ2n) is 7.15. The summed E-state index contributed by atoms with van der Waals surface area (Å²) in [6.45, 7) is 0. The summed E-state index contributed by atoms with van der Waals surface area (Å²) >= 11 is 0. The van der Waals surface area contributed by atoms with E-state index >= 15 is 0 Å². The zero-order chi connectivity index (χ0) is 19.9. The Morgan fingerprint density at radius 2 is 1.33 bits per heavy atom. The summed E-state index contributed by atoms with van der Waals surface area (Å²) in [5, 5.41) is 2.32. The molecule has 4 heteroatoms. The van der Waals surface area contributed by atoms with Crippen LogP contribution in [0.1, 0.15) is 0 Å². The summed E-state index contributed by atoms with van der Waals surface area (Å²) in [6.07, 6.45) is 0. The first kappa shape index (κ1) is 16.7. The first-order chi connectivity index (χ1) is 14.9. The molecule has 0 aliphatic rings. The van der Waals surface area contributed by atoms with Crippen molar-refractivity contribution < 1.29 is 4.42 Å². The van der Waals surface area contributed by atoms with Crippen LogP contribution in [0.25, 0.3) is 50.7 Å². The Morgan fingerprint density at radius 1 is 0.633 bits per heavy atom. The van der Waals surface area contributed by atoms with Gasteiger partial charge in [-0.25, -0.2) is 0 Å². The fraction of sp³-hybridized carbons (Fsp3) is 0. The van der Waals surface area contributed by atoms with E-state index in [9.17, 15) is 0 Å². The van der Waals surface area contributed by atoms with Gasteiger partial charge < -0.3 is 4.42 Å². The van der Waals surface area contributed by atoms with Gasteiger partial charge in [0.1, 0.15) is 0 Å². The number of hydrogen-bond donors (Lipinski definition) is 0. The van der Waals surface area contributed by atoms with E-state index in [1.165, 1.54) is 5.39 Å². The lowest BCUT2D eigenvalue weighted by atomic mass is 10.0. The molecular weight excluding hydrogens is 370 g/mol. The summed E-state index contributed by atoms with van der Waals surface area (Å²) in [5.74, 6) is 1.39. The highest BCUT2D eigenvalue weighted by molar-refractivity contribution is 5.96. The minimum atomic E-state index is 0.528. The van der Waals surface area contributed by atoms with Crippen LogP contribution in [-0.2, 0) is 0 Å². The maximum Gasteiger partial charge on any atom is 0.267 e. The fourth-order valence-corrected chi connectivity index (χ4v) is 3.90. The lowest BCUT2D eigenvalue weighted by Crippen LogP contribution is -1.98. The number of oxazole rings is 1. The highest BCUT2D eigenvalue weighted by Gasteiger charge is 2.21. The average molecular weight is 387 g/mol. The molecule has 0 bridgehead atoms. The van der Waals surface area contributed by atoms with Gasteiger partial charge in [0.15, 0.2) is 5.82 Å². The molecule has 30 heavy (non-hydrogen) atoms. The van der Waals surface area contributed by atoms with Crippen molar-refractivity contribution in [1.29, 1.82) is 0 Å². The summed E-state index contributed by atoms with van der Waals surface area (Å²) in [5.41, 5.74) is 4.22. The predicted octanol–water partition coefficient (Wildman–Crippen LogP) is 6.50. The molecule has 0 aliphatic heterocycles. The molecule has 4 nitrogen and oxygen atoms in total. The highest BCUT2D eigenvalue weighted by atomic mass is 16.4. The van der Waals surface area contributed by atoms with Crippen molar-refractivity contribution in [1.82, 2.24) is 14.5 Å². The van der Waals surface area contributed by atoms with Gasteiger partial charge in [0.05, 0.1) is 0 Å². The van der Waals surface area contributed by atoms with E-state index in [1.54, 1.807) is 0 Å². The predicted molar refractivity (Wildman–Crippen MR) is 120 cm³/mol. The molecule has 0 N–H and O–H groups in total. The fourth-order valence-electron chi connectivity index (χ4n) is 3.90. The Bertz CT molecular complexity index is 1480. The highest BCUT2D eigenvalue weighted by Crippen LogP contribution is 2.34. The number of nitrogens with zero attached hydrogens (tertiary/aromatic N) is 3. The summed E-state index contributed by atoms with van der Waals surface area (Å²) < 4.78 is 8.16. The van der Waals surface area contributed by atoms with E-state index in [4.69, 9.17) is 14.4 Å². The molecule has 0 spiro atoms. The molecule has 0 radical (unpaired) electrons. The third-order valence-corrected chi connectivity index (χ3v) is 5.29. The molecule has 0 atom stereocenters. The van der Waals surface area contributed by atoms with E-state index in [-0.39, 0.29) is 0 Å². The molecule has 0 unspecified atom stereocenters. The van der Waals surface area contributed by atoms with Crippen LogP contribution in [0.3, 0.4) is 0 Å². The average Bonchev–Trinajstić information content (AvgIpc) is 3.38. The van der Waals surface area contributed by atoms with E-state index in [0.717, 1.165) is 28.0 Å². The quantitative estimate of drug-likeness (QED) is 0.348. The third kappa shape index (κ3) is 2.62. The van der Waals surface area contributed by atoms with Crippen LogP contribution in [0.15, 0.2) is 108 Å². The molecule has 0 amide bonds. The van der Waals surface area contributed by atoms with E-state index in [1.807, 2.05) is 48.5 Å². The normalized spacial score (nSPS) is 11.3. The van der Waals surface area contributed by atoms with Crippen LogP contribution in [0.4, 0.5) is 0 Å². The standard InChI is InChI=1S/C26H17N3O/c1-3-11-19(12-4-1)25-28-24-26(30-25)27-23(29(24)20-14-5-2-6-15-20)22-17-9-13-18-10-7-8-16-21(18)22/h1-17H. The van der Waals surface area contributed by atoms with Crippen LogP contribution in [0.5, 0.6) is 0 Å². The van der Waals surface area contributed by atoms with Crippen molar-refractivity contribution in [3.8, 4) is 28.5 Å². The molecule has 6 rings (SSSR count). The summed E-state index contributed by atoms with van der Waals surface area (Å²) in [4.78, 5) is 9.71. The molecule has 6 aromatic rings. The van der Waals surface area contributed by atoms with Gasteiger partial charge in [-0.3, -0.25) is 4.57 Å².